The van der Waals surface area contributed by atoms with Crippen molar-refractivity contribution in [2.75, 3.05) is 13.1 Å². The predicted octanol–water partition coefficient (Wildman–Crippen LogP) is 2.59. The van der Waals surface area contributed by atoms with Crippen molar-refractivity contribution in [3.05, 3.63) is 28.5 Å². The lowest BCUT2D eigenvalue weighted by molar-refractivity contribution is 0.475. The first kappa shape index (κ1) is 11.2. The van der Waals surface area contributed by atoms with Crippen molar-refractivity contribution in [3.8, 4) is 0 Å². The molecule has 3 nitrogen and oxygen atoms in total. The zero-order chi connectivity index (χ0) is 12.0. The van der Waals surface area contributed by atoms with Crippen molar-refractivity contribution >= 4 is 27.0 Å². The summed E-state index contributed by atoms with van der Waals surface area (Å²) in [5.74, 6) is 1.19. The van der Waals surface area contributed by atoms with Gasteiger partial charge in [0.1, 0.15) is 5.82 Å². The van der Waals surface area contributed by atoms with E-state index >= 15 is 0 Å². The molecule has 17 heavy (non-hydrogen) atoms. The zero-order valence-corrected chi connectivity index (χ0v) is 11.7. The molecule has 2 aromatic rings. The van der Waals surface area contributed by atoms with E-state index in [0.29, 0.717) is 0 Å². The normalized spacial score (nSPS) is 24.6. The van der Waals surface area contributed by atoms with Gasteiger partial charge in [-0.1, -0.05) is 22.9 Å². The van der Waals surface area contributed by atoms with Crippen molar-refractivity contribution in [1.82, 2.24) is 14.9 Å². The van der Waals surface area contributed by atoms with Crippen LogP contribution in [-0.2, 0) is 12.5 Å². The highest BCUT2D eigenvalue weighted by molar-refractivity contribution is 9.10. The Bertz CT molecular complexity index is 567. The maximum Gasteiger partial charge on any atom is 0.116 e. The number of fused-ring (bicyclic) bond motifs is 1. The van der Waals surface area contributed by atoms with E-state index in [2.05, 4.69) is 58.0 Å². The Balaban J connectivity index is 2.20. The van der Waals surface area contributed by atoms with Gasteiger partial charge in [0, 0.05) is 23.5 Å². The second-order valence-electron chi connectivity index (χ2n) is 5.11. The minimum absolute atomic E-state index is 0.167. The second-order valence-corrected chi connectivity index (χ2v) is 6.03. The number of imidazole rings is 1. The Morgan fingerprint density at radius 1 is 1.47 bits per heavy atom. The summed E-state index contributed by atoms with van der Waals surface area (Å²) in [6, 6.07) is 6.29. The molecular formula is C13H16BrN3. The smallest absolute Gasteiger partial charge is 0.116 e. The van der Waals surface area contributed by atoms with Gasteiger partial charge in [-0.2, -0.15) is 0 Å². The van der Waals surface area contributed by atoms with Crippen LogP contribution in [0.4, 0.5) is 0 Å². The molecule has 0 bridgehead atoms. The van der Waals surface area contributed by atoms with Gasteiger partial charge in [0.25, 0.3) is 0 Å². The molecule has 0 saturated carbocycles. The molecule has 1 saturated heterocycles. The molecule has 0 aliphatic carbocycles. The van der Waals surface area contributed by atoms with Crippen LogP contribution in [0.2, 0.25) is 0 Å². The van der Waals surface area contributed by atoms with Gasteiger partial charge in [-0.05, 0) is 31.2 Å². The number of nitrogens with one attached hydrogen (secondary N) is 1. The molecule has 1 unspecified atom stereocenters. The van der Waals surface area contributed by atoms with Crippen LogP contribution in [0.1, 0.15) is 19.2 Å². The molecule has 1 aromatic carbocycles. The van der Waals surface area contributed by atoms with Crippen LogP contribution in [0.25, 0.3) is 11.0 Å². The first-order valence-electron chi connectivity index (χ1n) is 5.93. The zero-order valence-electron chi connectivity index (χ0n) is 10.1. The van der Waals surface area contributed by atoms with Gasteiger partial charge in [0.15, 0.2) is 0 Å². The van der Waals surface area contributed by atoms with Crippen molar-refractivity contribution in [2.45, 2.75) is 18.8 Å². The summed E-state index contributed by atoms with van der Waals surface area (Å²) in [6.45, 7) is 4.40. The topological polar surface area (TPSA) is 29.9 Å². The van der Waals surface area contributed by atoms with Crippen LogP contribution in [0.15, 0.2) is 22.7 Å². The number of aromatic nitrogens is 2. The molecule has 3 rings (SSSR count). The quantitative estimate of drug-likeness (QED) is 0.876. The van der Waals surface area contributed by atoms with E-state index in [-0.39, 0.29) is 5.41 Å². The van der Waals surface area contributed by atoms with Gasteiger partial charge < -0.3 is 9.88 Å². The molecule has 1 N–H and O–H groups in total. The molecule has 90 valence electrons. The van der Waals surface area contributed by atoms with Crippen LogP contribution < -0.4 is 5.32 Å². The van der Waals surface area contributed by atoms with Gasteiger partial charge in [-0.3, -0.25) is 0 Å². The van der Waals surface area contributed by atoms with Gasteiger partial charge in [0.05, 0.1) is 11.0 Å². The second kappa shape index (κ2) is 3.82. The highest BCUT2D eigenvalue weighted by atomic mass is 79.9. The number of rotatable bonds is 1. The molecule has 0 spiro atoms. The molecule has 4 heteroatoms. The molecule has 1 atom stereocenters. The number of hydrogen-bond donors (Lipinski definition) is 1. The fraction of sp³-hybridized carbons (Fsp3) is 0.462. The summed E-state index contributed by atoms with van der Waals surface area (Å²) in [5, 5.41) is 3.43. The molecule has 0 radical (unpaired) electrons. The largest absolute Gasteiger partial charge is 0.331 e. The maximum atomic E-state index is 4.82. The summed E-state index contributed by atoms with van der Waals surface area (Å²) in [7, 11) is 2.11. The lowest BCUT2D eigenvalue weighted by Crippen LogP contribution is -2.28. The Morgan fingerprint density at radius 2 is 2.29 bits per heavy atom. The molecule has 0 amide bonds. The van der Waals surface area contributed by atoms with Crippen molar-refractivity contribution in [1.29, 1.82) is 0 Å². The summed E-state index contributed by atoms with van der Waals surface area (Å²) < 4.78 is 3.32. The summed E-state index contributed by atoms with van der Waals surface area (Å²) in [6.07, 6.45) is 1.16. The third-order valence-corrected chi connectivity index (χ3v) is 4.24. The van der Waals surface area contributed by atoms with Crippen LogP contribution >= 0.6 is 15.9 Å². The molecule has 1 aliphatic rings. The van der Waals surface area contributed by atoms with Gasteiger partial charge in [0.2, 0.25) is 0 Å². The summed E-state index contributed by atoms with van der Waals surface area (Å²) in [5.41, 5.74) is 2.45. The molecule has 1 aliphatic heterocycles. The summed E-state index contributed by atoms with van der Waals surface area (Å²) >= 11 is 3.50. The number of aryl methyl sites for hydroxylation is 1. The standard InChI is InChI=1S/C13H16BrN3/c1-13(5-6-15-8-13)12-16-10-7-9(14)3-4-11(10)17(12)2/h3-4,7,15H,5-6,8H2,1-2H3. The average molecular weight is 294 g/mol. The number of benzene rings is 1. The predicted molar refractivity (Wildman–Crippen MR) is 73.3 cm³/mol. The SMILES string of the molecule is Cn1c(C2(C)CCNC2)nc2cc(Br)ccc21. The van der Waals surface area contributed by atoms with Crippen molar-refractivity contribution < 1.29 is 0 Å². The first-order valence-corrected chi connectivity index (χ1v) is 6.73. The minimum atomic E-state index is 0.167. The highest BCUT2D eigenvalue weighted by Crippen LogP contribution is 2.31. The minimum Gasteiger partial charge on any atom is -0.331 e. The maximum absolute atomic E-state index is 4.82. The van der Waals surface area contributed by atoms with E-state index in [1.807, 2.05) is 0 Å². The monoisotopic (exact) mass is 293 g/mol. The molecule has 1 fully saturated rings. The van der Waals surface area contributed by atoms with Gasteiger partial charge in [-0.15, -0.1) is 0 Å². The van der Waals surface area contributed by atoms with E-state index < -0.39 is 0 Å². The first-order chi connectivity index (χ1) is 8.10. The van der Waals surface area contributed by atoms with Gasteiger partial charge >= 0.3 is 0 Å². The Kier molecular flexibility index (Phi) is 2.52. The van der Waals surface area contributed by atoms with E-state index in [0.717, 1.165) is 29.5 Å². The Labute approximate surface area is 109 Å². The number of halogens is 1. The summed E-state index contributed by atoms with van der Waals surface area (Å²) in [4.78, 5) is 4.82. The third kappa shape index (κ3) is 1.70. The van der Waals surface area contributed by atoms with E-state index in [1.165, 1.54) is 11.3 Å². The van der Waals surface area contributed by atoms with E-state index in [1.54, 1.807) is 0 Å². The Morgan fingerprint density at radius 3 is 3.00 bits per heavy atom. The fourth-order valence-corrected chi connectivity index (χ4v) is 3.07. The molecule has 2 heterocycles. The van der Waals surface area contributed by atoms with Crippen LogP contribution in [0.3, 0.4) is 0 Å². The third-order valence-electron chi connectivity index (χ3n) is 3.75. The highest BCUT2D eigenvalue weighted by Gasteiger charge is 2.34. The fourth-order valence-electron chi connectivity index (χ4n) is 2.72. The average Bonchev–Trinajstić information content (AvgIpc) is 2.85. The molecular weight excluding hydrogens is 278 g/mol. The van der Waals surface area contributed by atoms with E-state index in [9.17, 15) is 0 Å². The lowest BCUT2D eigenvalue weighted by Gasteiger charge is -2.21. The van der Waals surface area contributed by atoms with E-state index in [4.69, 9.17) is 4.98 Å². The van der Waals surface area contributed by atoms with Crippen LogP contribution in [-0.4, -0.2) is 22.6 Å². The van der Waals surface area contributed by atoms with Gasteiger partial charge in [-0.25, -0.2) is 4.98 Å². The number of hydrogen-bond acceptors (Lipinski definition) is 2. The van der Waals surface area contributed by atoms with Crippen molar-refractivity contribution in [3.63, 3.8) is 0 Å². The number of nitrogens with zero attached hydrogens (tertiary/aromatic N) is 2. The van der Waals surface area contributed by atoms with Crippen molar-refractivity contribution in [2.24, 2.45) is 7.05 Å². The molecule has 1 aromatic heterocycles. The Hall–Kier alpha value is -0.870. The van der Waals surface area contributed by atoms with Crippen LogP contribution in [0.5, 0.6) is 0 Å². The lowest BCUT2D eigenvalue weighted by atomic mass is 9.89. The van der Waals surface area contributed by atoms with Crippen LogP contribution in [0, 0.1) is 0 Å².